The number of halogens is 3. The van der Waals surface area contributed by atoms with Crippen LogP contribution in [0.4, 0.5) is 13.2 Å². The predicted octanol–water partition coefficient (Wildman–Crippen LogP) is 3.00. The summed E-state index contributed by atoms with van der Waals surface area (Å²) < 4.78 is 63.6. The van der Waals surface area contributed by atoms with Gasteiger partial charge in [-0.3, -0.25) is 4.90 Å². The molecule has 3 heterocycles. The highest BCUT2D eigenvalue weighted by atomic mass is 32.2. The van der Waals surface area contributed by atoms with Crippen molar-refractivity contribution in [1.82, 2.24) is 9.21 Å². The first-order valence-electron chi connectivity index (χ1n) is 9.39. The third-order valence-electron chi connectivity index (χ3n) is 5.24. The van der Waals surface area contributed by atoms with Gasteiger partial charge in [0.1, 0.15) is 11.5 Å². The van der Waals surface area contributed by atoms with E-state index in [0.29, 0.717) is 6.54 Å². The molecule has 3 rings (SSSR count). The van der Waals surface area contributed by atoms with E-state index in [1.165, 1.54) is 6.26 Å². The Labute approximate surface area is 168 Å². The SMILES string of the molecule is Cc1ccc(CN2CCCC3(CCCCN3S(C)(=O)=O)C2)o1.O=C(O)C(F)(F)F. The van der Waals surface area contributed by atoms with Crippen molar-refractivity contribution in [3.8, 4) is 0 Å². The summed E-state index contributed by atoms with van der Waals surface area (Å²) in [5.74, 6) is -0.860. The van der Waals surface area contributed by atoms with Gasteiger partial charge in [0.15, 0.2) is 0 Å². The van der Waals surface area contributed by atoms with Crippen molar-refractivity contribution < 1.29 is 35.9 Å². The van der Waals surface area contributed by atoms with E-state index in [9.17, 15) is 21.6 Å². The summed E-state index contributed by atoms with van der Waals surface area (Å²) >= 11 is 0. The van der Waals surface area contributed by atoms with Crippen LogP contribution < -0.4 is 0 Å². The molecule has 0 bridgehead atoms. The lowest BCUT2D eigenvalue weighted by molar-refractivity contribution is -0.192. The first-order valence-corrected chi connectivity index (χ1v) is 11.2. The van der Waals surface area contributed by atoms with Crippen LogP contribution in [0.15, 0.2) is 16.5 Å². The van der Waals surface area contributed by atoms with Gasteiger partial charge in [0.05, 0.1) is 12.8 Å². The second-order valence-electron chi connectivity index (χ2n) is 7.65. The number of carboxylic acids is 1. The van der Waals surface area contributed by atoms with Crippen molar-refractivity contribution >= 4 is 16.0 Å². The number of rotatable bonds is 3. The summed E-state index contributed by atoms with van der Waals surface area (Å²) in [5.41, 5.74) is -0.203. The molecule has 0 aromatic carbocycles. The average Bonchev–Trinajstić information content (AvgIpc) is 2.99. The van der Waals surface area contributed by atoms with E-state index in [1.807, 2.05) is 19.1 Å². The fourth-order valence-electron chi connectivity index (χ4n) is 4.13. The molecule has 166 valence electrons. The fourth-order valence-corrected chi connectivity index (χ4v) is 5.53. The van der Waals surface area contributed by atoms with Crippen molar-refractivity contribution in [2.75, 3.05) is 25.9 Å². The number of piperidine rings is 2. The number of furan rings is 1. The minimum atomic E-state index is -5.08. The minimum absolute atomic E-state index is 0.203. The number of hydrogen-bond acceptors (Lipinski definition) is 5. The molecule has 0 aliphatic carbocycles. The first-order chi connectivity index (χ1) is 13.3. The van der Waals surface area contributed by atoms with Gasteiger partial charge in [-0.1, -0.05) is 6.42 Å². The Hall–Kier alpha value is -1.59. The Balaban J connectivity index is 0.000000370. The molecule has 1 spiro atoms. The molecule has 11 heteroatoms. The molecule has 2 saturated heterocycles. The second kappa shape index (κ2) is 9.05. The monoisotopic (exact) mass is 440 g/mol. The summed E-state index contributed by atoms with van der Waals surface area (Å²) in [4.78, 5) is 11.2. The number of aryl methyl sites for hydroxylation is 1. The molecule has 0 saturated carbocycles. The number of hydrogen-bond donors (Lipinski definition) is 1. The summed E-state index contributed by atoms with van der Waals surface area (Å²) in [5, 5.41) is 7.12. The smallest absolute Gasteiger partial charge is 0.475 e. The molecule has 1 aromatic heterocycles. The van der Waals surface area contributed by atoms with E-state index in [-0.39, 0.29) is 5.54 Å². The van der Waals surface area contributed by atoms with Crippen molar-refractivity contribution in [2.45, 2.75) is 57.3 Å². The highest BCUT2D eigenvalue weighted by Gasteiger charge is 2.46. The Kier molecular flexibility index (Phi) is 7.39. The maximum atomic E-state index is 12.2. The lowest BCUT2D eigenvalue weighted by Crippen LogP contribution is -2.61. The topological polar surface area (TPSA) is 91.1 Å². The number of sulfonamides is 1. The van der Waals surface area contributed by atoms with Crippen LogP contribution in [0.1, 0.15) is 43.6 Å². The summed E-state index contributed by atoms with van der Waals surface area (Å²) in [6, 6.07) is 4.00. The van der Waals surface area contributed by atoms with Gasteiger partial charge in [0.25, 0.3) is 0 Å². The van der Waals surface area contributed by atoms with E-state index in [1.54, 1.807) is 4.31 Å². The zero-order valence-corrected chi connectivity index (χ0v) is 17.4. The fraction of sp³-hybridized carbons (Fsp3) is 0.722. The molecule has 1 atom stereocenters. The van der Waals surface area contributed by atoms with Gasteiger partial charge >= 0.3 is 12.1 Å². The zero-order valence-electron chi connectivity index (χ0n) is 16.5. The Morgan fingerprint density at radius 1 is 1.21 bits per heavy atom. The van der Waals surface area contributed by atoms with E-state index in [4.69, 9.17) is 14.3 Å². The van der Waals surface area contributed by atoms with Gasteiger partial charge in [-0.25, -0.2) is 13.2 Å². The van der Waals surface area contributed by atoms with Crippen molar-refractivity contribution in [3.63, 3.8) is 0 Å². The lowest BCUT2D eigenvalue weighted by atomic mass is 9.81. The van der Waals surface area contributed by atoms with Crippen LogP contribution >= 0.6 is 0 Å². The molecule has 1 aromatic rings. The third kappa shape index (κ3) is 6.45. The Bertz CT molecular complexity index is 805. The third-order valence-corrected chi connectivity index (χ3v) is 6.61. The van der Waals surface area contributed by atoms with Gasteiger partial charge in [0.2, 0.25) is 10.0 Å². The maximum absolute atomic E-state index is 12.2. The maximum Gasteiger partial charge on any atom is 0.490 e. The summed E-state index contributed by atoms with van der Waals surface area (Å²) in [6.07, 6.45) is 1.38. The molecule has 2 aliphatic heterocycles. The highest BCUT2D eigenvalue weighted by molar-refractivity contribution is 7.88. The van der Waals surface area contributed by atoms with Gasteiger partial charge in [0, 0.05) is 18.6 Å². The number of aliphatic carboxylic acids is 1. The first kappa shape index (κ1) is 23.7. The molecule has 1 N–H and O–H groups in total. The van der Waals surface area contributed by atoms with Crippen molar-refractivity contribution in [3.05, 3.63) is 23.7 Å². The van der Waals surface area contributed by atoms with Crippen LogP contribution in [0.25, 0.3) is 0 Å². The molecule has 7 nitrogen and oxygen atoms in total. The zero-order chi connectivity index (χ0) is 21.9. The second-order valence-corrected chi connectivity index (χ2v) is 9.55. The highest BCUT2D eigenvalue weighted by Crippen LogP contribution is 2.38. The molecule has 2 aliphatic rings. The Morgan fingerprint density at radius 3 is 2.34 bits per heavy atom. The number of carbonyl (C=O) groups is 1. The number of nitrogens with zero attached hydrogens (tertiary/aromatic N) is 2. The van der Waals surface area contributed by atoms with Gasteiger partial charge in [-0.2, -0.15) is 17.5 Å². The largest absolute Gasteiger partial charge is 0.490 e. The van der Waals surface area contributed by atoms with Crippen LogP contribution in [0.5, 0.6) is 0 Å². The van der Waals surface area contributed by atoms with Crippen molar-refractivity contribution in [2.24, 2.45) is 0 Å². The quantitative estimate of drug-likeness (QED) is 0.777. The minimum Gasteiger partial charge on any atom is -0.475 e. The molecule has 0 radical (unpaired) electrons. The predicted molar refractivity (Wildman–Crippen MR) is 99.8 cm³/mol. The van der Waals surface area contributed by atoms with Crippen LogP contribution in [0, 0.1) is 6.92 Å². The molecular formula is C18H27F3N2O5S. The van der Waals surface area contributed by atoms with Crippen LogP contribution in [-0.2, 0) is 21.4 Å². The number of alkyl halides is 3. The number of likely N-dealkylation sites (tertiary alicyclic amines) is 1. The van der Waals surface area contributed by atoms with E-state index >= 15 is 0 Å². The molecule has 0 amide bonds. The van der Waals surface area contributed by atoms with E-state index < -0.39 is 22.2 Å². The van der Waals surface area contributed by atoms with E-state index in [2.05, 4.69) is 4.90 Å². The molecule has 1 unspecified atom stereocenters. The van der Waals surface area contributed by atoms with Gasteiger partial charge in [-0.15, -0.1) is 0 Å². The van der Waals surface area contributed by atoms with E-state index in [0.717, 1.165) is 63.3 Å². The number of carboxylic acid groups (broad SMARTS) is 1. The standard InChI is InChI=1S/C16H26N2O3S.C2HF3O2/c1-14-6-7-15(21-14)12-17-10-5-9-16(13-17)8-3-4-11-18(16)22(2,19)20;3-2(4,5)1(6)7/h6-7H,3-5,8-13H2,1-2H3;(H,6,7). The average molecular weight is 440 g/mol. The van der Waals surface area contributed by atoms with Crippen molar-refractivity contribution in [1.29, 1.82) is 0 Å². The summed E-state index contributed by atoms with van der Waals surface area (Å²) in [6.45, 7) is 5.23. The van der Waals surface area contributed by atoms with Crippen LogP contribution in [-0.4, -0.2) is 66.3 Å². The molecule has 2 fully saturated rings. The lowest BCUT2D eigenvalue weighted by Gasteiger charge is -2.50. The van der Waals surface area contributed by atoms with Crippen LogP contribution in [0.3, 0.4) is 0 Å². The van der Waals surface area contributed by atoms with Gasteiger partial charge in [-0.05, 0) is 51.3 Å². The molecule has 29 heavy (non-hydrogen) atoms. The van der Waals surface area contributed by atoms with Gasteiger partial charge < -0.3 is 9.52 Å². The summed E-state index contributed by atoms with van der Waals surface area (Å²) in [7, 11) is -3.14. The van der Waals surface area contributed by atoms with Crippen LogP contribution in [0.2, 0.25) is 0 Å². The Morgan fingerprint density at radius 2 is 1.83 bits per heavy atom. The normalized spacial score (nSPS) is 24.2. The molecular weight excluding hydrogens is 413 g/mol.